The number of hydrogen-bond donors (Lipinski definition) is 1. The maximum atomic E-state index is 4.77. The molecule has 0 spiro atoms. The van der Waals surface area contributed by atoms with Gasteiger partial charge in [0.15, 0.2) is 5.82 Å². The Balaban J connectivity index is 1.42. The van der Waals surface area contributed by atoms with Gasteiger partial charge in [-0.3, -0.25) is 15.0 Å². The molecule has 136 valence electrons. The Bertz CT molecular complexity index is 994. The van der Waals surface area contributed by atoms with Crippen molar-refractivity contribution in [2.75, 3.05) is 13.1 Å². The topological polar surface area (TPSA) is 57.2 Å². The molecule has 1 fully saturated rings. The van der Waals surface area contributed by atoms with Crippen molar-refractivity contribution in [3.05, 3.63) is 70.5 Å². The zero-order chi connectivity index (χ0) is 18.2. The standard InChI is InChI=1S/C22H23N5/c1-15-4-6-16(7-5-15)21-19-12-17(8-9-18(19)13-23-21)22-24-20(25-26-22)14-27-10-2-3-11-27/h4-9,12H,2-3,10-11,13-14H2,1H3,(H,24,25,26). The van der Waals surface area contributed by atoms with E-state index in [4.69, 9.17) is 9.98 Å². The molecule has 5 rings (SSSR count). The van der Waals surface area contributed by atoms with Crippen molar-refractivity contribution < 1.29 is 0 Å². The highest BCUT2D eigenvalue weighted by atomic mass is 15.3. The number of H-pyrrole nitrogens is 1. The van der Waals surface area contributed by atoms with E-state index in [1.807, 2.05) is 0 Å². The van der Waals surface area contributed by atoms with E-state index in [0.29, 0.717) is 0 Å². The summed E-state index contributed by atoms with van der Waals surface area (Å²) in [5.74, 6) is 1.71. The van der Waals surface area contributed by atoms with Gasteiger partial charge >= 0.3 is 0 Å². The molecule has 1 N–H and O–H groups in total. The second-order valence-electron chi connectivity index (χ2n) is 7.49. The van der Waals surface area contributed by atoms with Crippen molar-refractivity contribution in [3.8, 4) is 11.4 Å². The molecule has 2 aliphatic heterocycles. The monoisotopic (exact) mass is 357 g/mol. The highest BCUT2D eigenvalue weighted by molar-refractivity contribution is 6.15. The van der Waals surface area contributed by atoms with E-state index in [1.165, 1.54) is 35.1 Å². The van der Waals surface area contributed by atoms with Gasteiger partial charge in [0.25, 0.3) is 0 Å². The fourth-order valence-corrected chi connectivity index (χ4v) is 3.93. The molecule has 1 saturated heterocycles. The van der Waals surface area contributed by atoms with E-state index in [1.54, 1.807) is 0 Å². The van der Waals surface area contributed by atoms with E-state index in [2.05, 4.69) is 64.5 Å². The van der Waals surface area contributed by atoms with Crippen LogP contribution in [0, 0.1) is 6.92 Å². The average molecular weight is 357 g/mol. The normalized spacial score (nSPS) is 16.6. The summed E-state index contributed by atoms with van der Waals surface area (Å²) in [7, 11) is 0. The average Bonchev–Trinajstić information content (AvgIpc) is 3.43. The number of likely N-dealkylation sites (tertiary alicyclic amines) is 1. The fraction of sp³-hybridized carbons (Fsp3) is 0.318. The second kappa shape index (κ2) is 6.74. The number of nitrogens with one attached hydrogen (secondary N) is 1. The number of aryl methyl sites for hydroxylation is 1. The van der Waals surface area contributed by atoms with Crippen LogP contribution in [-0.4, -0.2) is 38.9 Å². The SMILES string of the molecule is Cc1ccc(C2=NCc3ccc(-c4n[nH]c(CN5CCCC5)n4)cc32)cc1. The molecule has 0 aliphatic carbocycles. The molecule has 2 aromatic carbocycles. The molecular weight excluding hydrogens is 334 g/mol. The summed E-state index contributed by atoms with van der Waals surface area (Å²) in [4.78, 5) is 11.9. The lowest BCUT2D eigenvalue weighted by molar-refractivity contribution is 0.323. The van der Waals surface area contributed by atoms with E-state index in [-0.39, 0.29) is 0 Å². The highest BCUT2D eigenvalue weighted by Gasteiger charge is 2.20. The van der Waals surface area contributed by atoms with E-state index >= 15 is 0 Å². The molecule has 1 aromatic heterocycles. The summed E-state index contributed by atoms with van der Waals surface area (Å²) < 4.78 is 0. The van der Waals surface area contributed by atoms with Crippen molar-refractivity contribution in [2.24, 2.45) is 4.99 Å². The lowest BCUT2D eigenvalue weighted by Gasteiger charge is -2.11. The molecule has 0 bridgehead atoms. The van der Waals surface area contributed by atoms with Crippen LogP contribution in [0.5, 0.6) is 0 Å². The summed E-state index contributed by atoms with van der Waals surface area (Å²) in [6, 6.07) is 15.0. The van der Waals surface area contributed by atoms with Crippen LogP contribution in [-0.2, 0) is 13.1 Å². The first kappa shape index (κ1) is 16.4. The lowest BCUT2D eigenvalue weighted by Crippen LogP contribution is -2.19. The third kappa shape index (κ3) is 3.19. The van der Waals surface area contributed by atoms with Crippen LogP contribution in [0.4, 0.5) is 0 Å². The summed E-state index contributed by atoms with van der Waals surface area (Å²) in [5, 5.41) is 7.58. The van der Waals surface area contributed by atoms with Crippen LogP contribution >= 0.6 is 0 Å². The smallest absolute Gasteiger partial charge is 0.181 e. The number of aromatic amines is 1. The number of fused-ring (bicyclic) bond motifs is 1. The quantitative estimate of drug-likeness (QED) is 0.774. The van der Waals surface area contributed by atoms with Crippen molar-refractivity contribution in [2.45, 2.75) is 32.9 Å². The zero-order valence-electron chi connectivity index (χ0n) is 15.6. The van der Waals surface area contributed by atoms with E-state index in [9.17, 15) is 0 Å². The first-order valence-corrected chi connectivity index (χ1v) is 9.65. The molecule has 3 heterocycles. The van der Waals surface area contributed by atoms with Gasteiger partial charge < -0.3 is 0 Å². The van der Waals surface area contributed by atoms with Gasteiger partial charge in [0.1, 0.15) is 5.82 Å². The zero-order valence-corrected chi connectivity index (χ0v) is 15.6. The van der Waals surface area contributed by atoms with E-state index in [0.717, 1.165) is 49.1 Å². The molecular formula is C22H23N5. The minimum absolute atomic E-state index is 0.743. The molecule has 27 heavy (non-hydrogen) atoms. The van der Waals surface area contributed by atoms with Gasteiger partial charge in [0.05, 0.1) is 18.8 Å². The van der Waals surface area contributed by atoms with Gasteiger partial charge in [0, 0.05) is 16.7 Å². The molecule has 5 nitrogen and oxygen atoms in total. The number of aliphatic imine (C=N–C) groups is 1. The lowest BCUT2D eigenvalue weighted by atomic mass is 9.97. The van der Waals surface area contributed by atoms with Crippen LogP contribution in [0.15, 0.2) is 47.5 Å². The number of rotatable bonds is 4. The van der Waals surface area contributed by atoms with Crippen LogP contribution in [0.1, 0.15) is 40.9 Å². The van der Waals surface area contributed by atoms with Gasteiger partial charge in [-0.1, -0.05) is 42.0 Å². The Morgan fingerprint density at radius 2 is 1.78 bits per heavy atom. The Hall–Kier alpha value is -2.79. The Labute approximate surface area is 159 Å². The third-order valence-corrected chi connectivity index (χ3v) is 5.46. The maximum Gasteiger partial charge on any atom is 0.181 e. The first-order chi connectivity index (χ1) is 13.3. The molecule has 2 aliphatic rings. The van der Waals surface area contributed by atoms with Gasteiger partial charge in [-0.25, -0.2) is 4.98 Å². The molecule has 0 saturated carbocycles. The summed E-state index contributed by atoms with van der Waals surface area (Å²) in [6.07, 6.45) is 2.57. The van der Waals surface area contributed by atoms with Crippen LogP contribution in [0.3, 0.4) is 0 Å². The van der Waals surface area contributed by atoms with Gasteiger partial charge in [-0.2, -0.15) is 5.10 Å². The van der Waals surface area contributed by atoms with Crippen molar-refractivity contribution in [1.82, 2.24) is 20.1 Å². The molecule has 0 radical (unpaired) electrons. The van der Waals surface area contributed by atoms with Crippen LogP contribution in [0.2, 0.25) is 0 Å². The largest absolute Gasteiger partial charge is 0.296 e. The van der Waals surface area contributed by atoms with Crippen LogP contribution < -0.4 is 0 Å². The van der Waals surface area contributed by atoms with Gasteiger partial charge in [-0.15, -0.1) is 0 Å². The fourth-order valence-electron chi connectivity index (χ4n) is 3.93. The number of nitrogens with zero attached hydrogens (tertiary/aromatic N) is 4. The minimum atomic E-state index is 0.743. The van der Waals surface area contributed by atoms with Crippen molar-refractivity contribution >= 4 is 5.71 Å². The van der Waals surface area contributed by atoms with Gasteiger partial charge in [-0.05, 0) is 44.5 Å². The Morgan fingerprint density at radius 3 is 2.59 bits per heavy atom. The Kier molecular flexibility index (Phi) is 4.09. The number of benzene rings is 2. The van der Waals surface area contributed by atoms with Crippen molar-refractivity contribution in [3.63, 3.8) is 0 Å². The second-order valence-corrected chi connectivity index (χ2v) is 7.49. The first-order valence-electron chi connectivity index (χ1n) is 9.65. The molecule has 0 amide bonds. The van der Waals surface area contributed by atoms with Crippen LogP contribution in [0.25, 0.3) is 11.4 Å². The third-order valence-electron chi connectivity index (χ3n) is 5.46. The van der Waals surface area contributed by atoms with Crippen molar-refractivity contribution in [1.29, 1.82) is 0 Å². The predicted molar refractivity (Wildman–Crippen MR) is 107 cm³/mol. The molecule has 3 aromatic rings. The van der Waals surface area contributed by atoms with E-state index < -0.39 is 0 Å². The Morgan fingerprint density at radius 1 is 1.00 bits per heavy atom. The molecule has 0 unspecified atom stereocenters. The summed E-state index contributed by atoms with van der Waals surface area (Å²) in [6.45, 7) is 6.02. The highest BCUT2D eigenvalue weighted by Crippen LogP contribution is 2.27. The molecule has 0 atom stereocenters. The summed E-state index contributed by atoms with van der Waals surface area (Å²) >= 11 is 0. The number of aromatic nitrogens is 3. The summed E-state index contributed by atoms with van der Waals surface area (Å²) in [5.41, 5.74) is 7.00. The van der Waals surface area contributed by atoms with Gasteiger partial charge in [0.2, 0.25) is 0 Å². The predicted octanol–water partition coefficient (Wildman–Crippen LogP) is 3.73. The molecule has 5 heteroatoms. The number of hydrogen-bond acceptors (Lipinski definition) is 4. The minimum Gasteiger partial charge on any atom is -0.296 e. The maximum absolute atomic E-state index is 4.77.